The van der Waals surface area contributed by atoms with Gasteiger partial charge in [0.2, 0.25) is 0 Å². The minimum absolute atomic E-state index is 0.0676. The zero-order valence-electron chi connectivity index (χ0n) is 16.2. The topological polar surface area (TPSA) is 122 Å². The molecule has 2 N–H and O–H groups in total. The Morgan fingerprint density at radius 2 is 1.93 bits per heavy atom. The number of nitro benzene ring substituents is 1. The molecular formula is C21H18N2O6S. The van der Waals surface area contributed by atoms with E-state index in [9.17, 15) is 25.1 Å². The largest absolute Gasteiger partial charge is 0.506 e. The molecule has 3 rings (SSSR count). The van der Waals surface area contributed by atoms with Gasteiger partial charge in [-0.25, -0.2) is 9.79 Å². The Labute approximate surface area is 176 Å². The number of esters is 1. The molecule has 30 heavy (non-hydrogen) atoms. The van der Waals surface area contributed by atoms with Gasteiger partial charge < -0.3 is 14.9 Å². The number of phenolic OH excluding ortho intramolecular Hbond substituents is 1. The molecule has 1 aliphatic rings. The SMILES string of the molecule is CCOC(=O)C1=C(O)/C(=C\c2ccc(O)c([N+](=O)[O-])c2)SC1=Nc1ccc(C)cc1. The van der Waals surface area contributed by atoms with Crippen molar-refractivity contribution in [3.05, 3.63) is 79.9 Å². The zero-order chi connectivity index (χ0) is 21.8. The Morgan fingerprint density at radius 3 is 2.57 bits per heavy atom. The second kappa shape index (κ2) is 8.83. The van der Waals surface area contributed by atoms with Crippen LogP contribution in [0.3, 0.4) is 0 Å². The fourth-order valence-electron chi connectivity index (χ4n) is 2.66. The van der Waals surface area contributed by atoms with Crippen molar-refractivity contribution in [2.24, 2.45) is 4.99 Å². The number of carbonyl (C=O) groups is 1. The Kier molecular flexibility index (Phi) is 6.22. The van der Waals surface area contributed by atoms with Crippen molar-refractivity contribution >= 4 is 40.2 Å². The van der Waals surface area contributed by atoms with Crippen LogP contribution < -0.4 is 0 Å². The summed E-state index contributed by atoms with van der Waals surface area (Å²) in [5, 5.41) is 31.6. The van der Waals surface area contributed by atoms with Gasteiger partial charge in [-0.15, -0.1) is 0 Å². The van der Waals surface area contributed by atoms with Crippen LogP contribution in [0.4, 0.5) is 11.4 Å². The molecule has 0 spiro atoms. The summed E-state index contributed by atoms with van der Waals surface area (Å²) in [7, 11) is 0. The average molecular weight is 426 g/mol. The van der Waals surface area contributed by atoms with Gasteiger partial charge >= 0.3 is 11.7 Å². The third-order valence-electron chi connectivity index (χ3n) is 4.13. The summed E-state index contributed by atoms with van der Waals surface area (Å²) in [6.45, 7) is 3.72. The lowest BCUT2D eigenvalue weighted by atomic mass is 10.1. The van der Waals surface area contributed by atoms with Gasteiger partial charge in [-0.2, -0.15) is 0 Å². The van der Waals surface area contributed by atoms with E-state index in [0.29, 0.717) is 11.3 Å². The molecule has 1 aliphatic heterocycles. The molecule has 0 saturated carbocycles. The number of hydrogen-bond acceptors (Lipinski definition) is 8. The number of nitro groups is 1. The molecule has 2 aromatic rings. The van der Waals surface area contributed by atoms with Crippen LogP contribution in [0.25, 0.3) is 6.08 Å². The molecular weight excluding hydrogens is 408 g/mol. The van der Waals surface area contributed by atoms with E-state index in [1.807, 2.05) is 19.1 Å². The maximum absolute atomic E-state index is 12.4. The number of phenols is 1. The van der Waals surface area contributed by atoms with E-state index in [4.69, 9.17) is 4.74 Å². The van der Waals surface area contributed by atoms with Gasteiger partial charge in [0.15, 0.2) is 5.75 Å². The lowest BCUT2D eigenvalue weighted by Crippen LogP contribution is -2.12. The third kappa shape index (κ3) is 4.52. The average Bonchev–Trinajstić information content (AvgIpc) is 3.00. The number of aromatic hydroxyl groups is 1. The number of rotatable bonds is 5. The summed E-state index contributed by atoms with van der Waals surface area (Å²) in [6, 6.07) is 11.1. The zero-order valence-corrected chi connectivity index (χ0v) is 17.0. The number of ether oxygens (including phenoxy) is 1. The van der Waals surface area contributed by atoms with E-state index in [2.05, 4.69) is 4.99 Å². The first-order valence-electron chi connectivity index (χ1n) is 8.93. The molecule has 0 aromatic heterocycles. The van der Waals surface area contributed by atoms with Crippen molar-refractivity contribution in [1.29, 1.82) is 0 Å². The van der Waals surface area contributed by atoms with Crippen molar-refractivity contribution in [3.63, 3.8) is 0 Å². The van der Waals surface area contributed by atoms with E-state index >= 15 is 0 Å². The van der Waals surface area contributed by atoms with Crippen LogP contribution in [0, 0.1) is 17.0 Å². The molecule has 0 unspecified atom stereocenters. The van der Waals surface area contributed by atoms with Crippen LogP contribution in [-0.2, 0) is 9.53 Å². The van der Waals surface area contributed by atoms with Gasteiger partial charge in [-0.3, -0.25) is 10.1 Å². The summed E-state index contributed by atoms with van der Waals surface area (Å²) in [6.07, 6.45) is 1.48. The van der Waals surface area contributed by atoms with Crippen LogP contribution >= 0.6 is 11.8 Å². The number of nitrogens with zero attached hydrogens (tertiary/aromatic N) is 2. The van der Waals surface area contributed by atoms with E-state index in [1.54, 1.807) is 19.1 Å². The molecule has 0 bridgehead atoms. The molecule has 1 heterocycles. The van der Waals surface area contributed by atoms with Crippen molar-refractivity contribution in [1.82, 2.24) is 0 Å². The number of aliphatic imine (C=N–C) groups is 1. The van der Waals surface area contributed by atoms with Crippen LogP contribution in [0.15, 0.2) is 63.7 Å². The highest BCUT2D eigenvalue weighted by atomic mass is 32.2. The minimum Gasteiger partial charge on any atom is -0.506 e. The molecule has 2 aromatic carbocycles. The second-order valence-corrected chi connectivity index (χ2v) is 7.34. The minimum atomic E-state index is -0.714. The normalized spacial score (nSPS) is 16.3. The quantitative estimate of drug-likeness (QED) is 0.400. The maximum Gasteiger partial charge on any atom is 0.344 e. The number of aliphatic hydroxyl groups excluding tert-OH is 1. The van der Waals surface area contributed by atoms with E-state index < -0.39 is 22.3 Å². The Hall–Kier alpha value is -3.59. The molecule has 0 saturated heterocycles. The van der Waals surface area contributed by atoms with Crippen molar-refractivity contribution in [2.45, 2.75) is 13.8 Å². The number of hydrogen-bond donors (Lipinski definition) is 2. The Morgan fingerprint density at radius 1 is 1.23 bits per heavy atom. The van der Waals surface area contributed by atoms with Gasteiger partial charge in [0.1, 0.15) is 16.4 Å². The molecule has 154 valence electrons. The molecule has 0 amide bonds. The van der Waals surface area contributed by atoms with Crippen molar-refractivity contribution in [2.75, 3.05) is 6.61 Å². The maximum atomic E-state index is 12.4. The molecule has 9 heteroatoms. The van der Waals surface area contributed by atoms with Gasteiger partial charge in [-0.1, -0.05) is 35.5 Å². The molecule has 8 nitrogen and oxygen atoms in total. The number of aliphatic hydroxyl groups is 1. The second-order valence-electron chi connectivity index (χ2n) is 6.31. The highest BCUT2D eigenvalue weighted by Gasteiger charge is 2.33. The molecule has 0 aliphatic carbocycles. The number of benzene rings is 2. The van der Waals surface area contributed by atoms with E-state index in [0.717, 1.165) is 17.3 Å². The highest BCUT2D eigenvalue weighted by molar-refractivity contribution is 8.18. The van der Waals surface area contributed by atoms with Crippen LogP contribution in [-0.4, -0.2) is 32.8 Å². The predicted molar refractivity (Wildman–Crippen MR) is 115 cm³/mol. The first kappa shape index (κ1) is 21.1. The number of carbonyl (C=O) groups excluding carboxylic acids is 1. The molecule has 0 atom stereocenters. The van der Waals surface area contributed by atoms with E-state index in [-0.39, 0.29) is 27.9 Å². The van der Waals surface area contributed by atoms with Crippen molar-refractivity contribution in [3.8, 4) is 5.75 Å². The monoisotopic (exact) mass is 426 g/mol. The summed E-state index contributed by atoms with van der Waals surface area (Å²) in [4.78, 5) is 27.5. The number of aryl methyl sites for hydroxylation is 1. The van der Waals surface area contributed by atoms with Gasteiger partial charge in [0, 0.05) is 6.07 Å². The van der Waals surface area contributed by atoms with Gasteiger partial charge in [0.05, 0.1) is 22.1 Å². The fraction of sp³-hybridized carbons (Fsp3) is 0.143. The lowest BCUT2D eigenvalue weighted by Gasteiger charge is -2.04. The number of thioether (sulfide) groups is 1. The van der Waals surface area contributed by atoms with Crippen molar-refractivity contribution < 1.29 is 24.7 Å². The van der Waals surface area contributed by atoms with Gasteiger partial charge in [-0.05, 0) is 43.7 Å². The standard InChI is InChI=1S/C21H18N2O6S/c1-3-29-21(26)18-19(25)17(11-13-6-9-16(24)15(10-13)23(27)28)30-20(18)22-14-7-4-12(2)5-8-14/h4-11,24-25H,3H2,1-2H3/b17-11+,22-20?. The molecule has 0 radical (unpaired) electrons. The smallest absolute Gasteiger partial charge is 0.344 e. The summed E-state index contributed by atoms with van der Waals surface area (Å²) >= 11 is 1.05. The van der Waals surface area contributed by atoms with Crippen LogP contribution in [0.1, 0.15) is 18.1 Å². The van der Waals surface area contributed by atoms with Crippen LogP contribution in [0.2, 0.25) is 0 Å². The fourth-order valence-corrected chi connectivity index (χ4v) is 3.69. The summed E-state index contributed by atoms with van der Waals surface area (Å²) in [5.74, 6) is -1.50. The Bertz CT molecular complexity index is 1100. The van der Waals surface area contributed by atoms with E-state index in [1.165, 1.54) is 24.3 Å². The Balaban J connectivity index is 2.05. The first-order valence-corrected chi connectivity index (χ1v) is 9.75. The van der Waals surface area contributed by atoms with Crippen LogP contribution in [0.5, 0.6) is 5.75 Å². The predicted octanol–water partition coefficient (Wildman–Crippen LogP) is 4.80. The summed E-state index contributed by atoms with van der Waals surface area (Å²) in [5.41, 5.74) is 1.49. The lowest BCUT2D eigenvalue weighted by molar-refractivity contribution is -0.385. The third-order valence-corrected chi connectivity index (χ3v) is 5.15. The molecule has 0 fully saturated rings. The highest BCUT2D eigenvalue weighted by Crippen LogP contribution is 2.40. The first-order chi connectivity index (χ1) is 14.3. The summed E-state index contributed by atoms with van der Waals surface area (Å²) < 4.78 is 5.05. The van der Waals surface area contributed by atoms with Gasteiger partial charge in [0.25, 0.3) is 0 Å².